The maximum absolute atomic E-state index is 9.63. The number of benzene rings is 1. The second-order valence-corrected chi connectivity index (χ2v) is 4.55. The number of aliphatic hydroxyl groups excluding tert-OH is 1. The Balaban J connectivity index is 2.61. The molecular formula is C14H21NO3. The van der Waals surface area contributed by atoms with Gasteiger partial charge in [0.15, 0.2) is 0 Å². The van der Waals surface area contributed by atoms with Crippen molar-refractivity contribution < 1.29 is 15.1 Å². The molecule has 0 aliphatic heterocycles. The zero-order valence-electron chi connectivity index (χ0n) is 11.1. The smallest absolute Gasteiger partial charge is 0.119 e. The maximum Gasteiger partial charge on any atom is 0.119 e. The lowest BCUT2D eigenvalue weighted by molar-refractivity contribution is 0.0701. The lowest BCUT2D eigenvalue weighted by atomic mass is 10.1. The number of ether oxygens (including phenoxy) is 1. The molecule has 0 heterocycles. The third kappa shape index (κ3) is 4.04. The molecule has 0 saturated heterocycles. The van der Waals surface area contributed by atoms with E-state index in [1.54, 1.807) is 0 Å². The number of rotatable bonds is 6. The predicted octanol–water partition coefficient (Wildman–Crippen LogP) is 2.67. The number of hydrogen-bond donors (Lipinski definition) is 2. The summed E-state index contributed by atoms with van der Waals surface area (Å²) in [5, 5.41) is 21.7. The quantitative estimate of drug-likeness (QED) is 0.464. The van der Waals surface area contributed by atoms with Crippen LogP contribution in [0.4, 0.5) is 0 Å². The first-order valence-corrected chi connectivity index (χ1v) is 6.20. The Labute approximate surface area is 108 Å². The monoisotopic (exact) mass is 251 g/mol. The highest BCUT2D eigenvalue weighted by Crippen LogP contribution is 2.15. The summed E-state index contributed by atoms with van der Waals surface area (Å²) in [6, 6.07) is 7.30. The summed E-state index contributed by atoms with van der Waals surface area (Å²) in [5.74, 6) is 0.879. The maximum atomic E-state index is 9.63. The standard InChI is InChI=1S/C14H21NO3/c1-4-13(15-17)11-5-7-12(8-6-11)18-9-14(16)10(2)3/h5-8,10,14,16-17H,4,9H2,1-3H3/b15-13-. The molecule has 4 heteroatoms. The van der Waals surface area contributed by atoms with Crippen LogP contribution in [0.3, 0.4) is 0 Å². The van der Waals surface area contributed by atoms with Gasteiger partial charge in [-0.05, 0) is 42.2 Å². The van der Waals surface area contributed by atoms with Crippen LogP contribution in [-0.2, 0) is 0 Å². The SMILES string of the molecule is CC/C(=N/O)c1ccc(OCC(O)C(C)C)cc1. The van der Waals surface area contributed by atoms with E-state index >= 15 is 0 Å². The lowest BCUT2D eigenvalue weighted by Crippen LogP contribution is -2.23. The van der Waals surface area contributed by atoms with E-state index in [4.69, 9.17) is 9.94 Å². The van der Waals surface area contributed by atoms with Gasteiger partial charge in [0.05, 0.1) is 11.8 Å². The largest absolute Gasteiger partial charge is 0.491 e. The van der Waals surface area contributed by atoms with Crippen LogP contribution in [0, 0.1) is 5.92 Å². The van der Waals surface area contributed by atoms with Crippen molar-refractivity contribution in [2.75, 3.05) is 6.61 Å². The van der Waals surface area contributed by atoms with Gasteiger partial charge in [-0.3, -0.25) is 0 Å². The molecule has 0 aliphatic rings. The first-order chi connectivity index (χ1) is 8.58. The van der Waals surface area contributed by atoms with Gasteiger partial charge in [0.1, 0.15) is 12.4 Å². The van der Waals surface area contributed by atoms with Gasteiger partial charge in [0, 0.05) is 0 Å². The average molecular weight is 251 g/mol. The topological polar surface area (TPSA) is 62.1 Å². The molecule has 0 saturated carbocycles. The van der Waals surface area contributed by atoms with E-state index in [-0.39, 0.29) is 12.5 Å². The fourth-order valence-corrected chi connectivity index (χ4v) is 1.45. The van der Waals surface area contributed by atoms with Gasteiger partial charge in [-0.1, -0.05) is 25.9 Å². The minimum atomic E-state index is -0.463. The van der Waals surface area contributed by atoms with E-state index in [9.17, 15) is 5.11 Å². The van der Waals surface area contributed by atoms with Crippen LogP contribution >= 0.6 is 0 Å². The van der Waals surface area contributed by atoms with Crippen molar-refractivity contribution in [1.29, 1.82) is 0 Å². The fourth-order valence-electron chi connectivity index (χ4n) is 1.45. The van der Waals surface area contributed by atoms with Crippen LogP contribution in [0.1, 0.15) is 32.8 Å². The molecule has 1 unspecified atom stereocenters. The Bertz CT molecular complexity index is 385. The second kappa shape index (κ2) is 7.01. The zero-order valence-corrected chi connectivity index (χ0v) is 11.1. The first kappa shape index (κ1) is 14.5. The van der Waals surface area contributed by atoms with Crippen LogP contribution in [-0.4, -0.2) is 28.7 Å². The van der Waals surface area contributed by atoms with Crippen molar-refractivity contribution in [3.63, 3.8) is 0 Å². The van der Waals surface area contributed by atoms with E-state index in [0.29, 0.717) is 17.9 Å². The Morgan fingerprint density at radius 2 is 1.89 bits per heavy atom. The average Bonchev–Trinajstić information content (AvgIpc) is 2.38. The molecule has 1 aromatic carbocycles. The molecule has 18 heavy (non-hydrogen) atoms. The number of hydrogen-bond acceptors (Lipinski definition) is 4. The summed E-state index contributed by atoms with van der Waals surface area (Å²) in [6.45, 7) is 6.11. The van der Waals surface area contributed by atoms with Gasteiger partial charge in [0.25, 0.3) is 0 Å². The molecule has 4 nitrogen and oxygen atoms in total. The highest BCUT2D eigenvalue weighted by molar-refractivity contribution is 6.00. The molecule has 0 amide bonds. The Morgan fingerprint density at radius 3 is 2.33 bits per heavy atom. The van der Waals surface area contributed by atoms with Gasteiger partial charge in [-0.25, -0.2) is 0 Å². The van der Waals surface area contributed by atoms with E-state index in [0.717, 1.165) is 5.56 Å². The van der Waals surface area contributed by atoms with Crippen molar-refractivity contribution >= 4 is 5.71 Å². The Kier molecular flexibility index (Phi) is 5.65. The molecule has 100 valence electrons. The molecular weight excluding hydrogens is 230 g/mol. The summed E-state index contributed by atoms with van der Waals surface area (Å²) >= 11 is 0. The third-order valence-corrected chi connectivity index (χ3v) is 2.83. The van der Waals surface area contributed by atoms with Gasteiger partial charge in [-0.2, -0.15) is 0 Å². The highest BCUT2D eigenvalue weighted by atomic mass is 16.5. The van der Waals surface area contributed by atoms with Gasteiger partial charge in [-0.15, -0.1) is 0 Å². The summed E-state index contributed by atoms with van der Waals surface area (Å²) in [7, 11) is 0. The summed E-state index contributed by atoms with van der Waals surface area (Å²) in [6.07, 6.45) is 0.206. The van der Waals surface area contributed by atoms with Crippen molar-refractivity contribution in [3.05, 3.63) is 29.8 Å². The molecule has 0 fully saturated rings. The van der Waals surface area contributed by atoms with Crippen molar-refractivity contribution in [2.45, 2.75) is 33.3 Å². The molecule has 2 N–H and O–H groups in total. The summed E-state index contributed by atoms with van der Waals surface area (Å²) in [5.41, 5.74) is 1.51. The minimum absolute atomic E-state index is 0.178. The number of oxime groups is 1. The summed E-state index contributed by atoms with van der Waals surface area (Å²) < 4.78 is 5.48. The first-order valence-electron chi connectivity index (χ1n) is 6.20. The molecule has 0 aliphatic carbocycles. The summed E-state index contributed by atoms with van der Waals surface area (Å²) in [4.78, 5) is 0. The molecule has 1 rings (SSSR count). The molecule has 0 spiro atoms. The van der Waals surface area contributed by atoms with Gasteiger partial charge in [0.2, 0.25) is 0 Å². The van der Waals surface area contributed by atoms with E-state index in [1.807, 2.05) is 45.0 Å². The van der Waals surface area contributed by atoms with Crippen LogP contribution in [0.15, 0.2) is 29.4 Å². The van der Waals surface area contributed by atoms with Crippen LogP contribution < -0.4 is 4.74 Å². The van der Waals surface area contributed by atoms with Gasteiger partial charge < -0.3 is 15.1 Å². The molecule has 0 bridgehead atoms. The Morgan fingerprint density at radius 1 is 1.28 bits per heavy atom. The minimum Gasteiger partial charge on any atom is -0.491 e. The predicted molar refractivity (Wildman–Crippen MR) is 71.4 cm³/mol. The van der Waals surface area contributed by atoms with E-state index < -0.39 is 6.10 Å². The van der Waals surface area contributed by atoms with Gasteiger partial charge >= 0.3 is 0 Å². The van der Waals surface area contributed by atoms with Crippen LogP contribution in [0.25, 0.3) is 0 Å². The zero-order chi connectivity index (χ0) is 13.5. The molecule has 1 atom stereocenters. The van der Waals surface area contributed by atoms with Crippen molar-refractivity contribution in [3.8, 4) is 5.75 Å². The highest BCUT2D eigenvalue weighted by Gasteiger charge is 2.10. The normalized spacial score (nSPS) is 13.7. The molecule has 0 aromatic heterocycles. The molecule has 0 radical (unpaired) electrons. The van der Waals surface area contributed by atoms with E-state index in [1.165, 1.54) is 0 Å². The number of aliphatic hydroxyl groups is 1. The van der Waals surface area contributed by atoms with E-state index in [2.05, 4.69) is 5.16 Å². The Hall–Kier alpha value is -1.55. The lowest BCUT2D eigenvalue weighted by Gasteiger charge is -2.15. The third-order valence-electron chi connectivity index (χ3n) is 2.83. The van der Waals surface area contributed by atoms with Crippen LogP contribution in [0.2, 0.25) is 0 Å². The number of nitrogens with zero attached hydrogens (tertiary/aromatic N) is 1. The van der Waals surface area contributed by atoms with Crippen molar-refractivity contribution in [1.82, 2.24) is 0 Å². The fraction of sp³-hybridized carbons (Fsp3) is 0.500. The van der Waals surface area contributed by atoms with Crippen LogP contribution in [0.5, 0.6) is 5.75 Å². The van der Waals surface area contributed by atoms with Crippen molar-refractivity contribution in [2.24, 2.45) is 11.1 Å². The molecule has 1 aromatic rings. The second-order valence-electron chi connectivity index (χ2n) is 4.55.